The Balaban J connectivity index is 1.94. The first-order chi connectivity index (χ1) is 10.7. The fraction of sp³-hybridized carbons (Fsp3) is 0.188. The number of carbonyl (C=O) groups excluding carboxylic acids is 1. The molecule has 22 heavy (non-hydrogen) atoms. The van der Waals surface area contributed by atoms with Gasteiger partial charge in [0.1, 0.15) is 5.75 Å². The minimum atomic E-state index is -0.420. The van der Waals surface area contributed by atoms with Crippen molar-refractivity contribution in [3.05, 3.63) is 63.5 Å². The Morgan fingerprint density at radius 2 is 2.32 bits per heavy atom. The minimum Gasteiger partial charge on any atom is -0.483 e. The Bertz CT molecular complexity index is 700. The molecule has 0 radical (unpaired) electrons. The summed E-state index contributed by atoms with van der Waals surface area (Å²) in [6, 6.07) is 9.75. The van der Waals surface area contributed by atoms with E-state index in [0.29, 0.717) is 13.1 Å². The number of benzene rings is 1. The highest BCUT2D eigenvalue weighted by atomic mass is 79.9. The van der Waals surface area contributed by atoms with Gasteiger partial charge in [0.25, 0.3) is 0 Å². The molecule has 0 saturated heterocycles. The number of carbonyl (C=O) groups is 1. The third kappa shape index (κ3) is 3.18. The van der Waals surface area contributed by atoms with Crippen molar-refractivity contribution in [2.75, 3.05) is 6.54 Å². The zero-order valence-corrected chi connectivity index (χ0v) is 14.1. The average Bonchev–Trinajstić information content (AvgIpc) is 2.84. The fourth-order valence-corrected chi connectivity index (χ4v) is 3.81. The lowest BCUT2D eigenvalue weighted by Gasteiger charge is -2.22. The molecule has 0 fully saturated rings. The quantitative estimate of drug-likeness (QED) is 0.708. The van der Waals surface area contributed by atoms with Crippen LogP contribution < -0.4 is 4.74 Å². The van der Waals surface area contributed by atoms with Crippen LogP contribution in [-0.2, 0) is 11.3 Å². The second-order valence-electron chi connectivity index (χ2n) is 4.81. The van der Waals surface area contributed by atoms with Crippen molar-refractivity contribution in [2.45, 2.75) is 12.6 Å². The number of para-hydroxylation sites is 1. The van der Waals surface area contributed by atoms with Gasteiger partial charge in [-0.2, -0.15) is 0 Å². The van der Waals surface area contributed by atoms with Gasteiger partial charge in [0.05, 0.1) is 19.4 Å². The van der Waals surface area contributed by atoms with Gasteiger partial charge < -0.3 is 9.47 Å². The van der Waals surface area contributed by atoms with Crippen LogP contribution in [0.5, 0.6) is 5.75 Å². The SMILES string of the molecule is C=COC(=O)N1Cc2ccccc2OC(c2cc(Br)cs2)C1. The highest BCUT2D eigenvalue weighted by molar-refractivity contribution is 9.10. The molecular formula is C16H14BrNO3S. The van der Waals surface area contributed by atoms with Crippen molar-refractivity contribution in [2.24, 2.45) is 0 Å². The largest absolute Gasteiger partial charge is 0.483 e. The number of rotatable bonds is 2. The van der Waals surface area contributed by atoms with Crippen molar-refractivity contribution in [3.63, 3.8) is 0 Å². The molecule has 1 aromatic heterocycles. The Labute approximate surface area is 141 Å². The van der Waals surface area contributed by atoms with Crippen molar-refractivity contribution >= 4 is 33.4 Å². The van der Waals surface area contributed by atoms with Gasteiger partial charge in [-0.25, -0.2) is 4.79 Å². The van der Waals surface area contributed by atoms with Crippen LogP contribution in [0.3, 0.4) is 0 Å². The molecule has 1 aromatic carbocycles. The van der Waals surface area contributed by atoms with Gasteiger partial charge in [-0.1, -0.05) is 24.8 Å². The summed E-state index contributed by atoms with van der Waals surface area (Å²) < 4.78 is 12.1. The number of halogens is 1. The molecule has 0 spiro atoms. The van der Waals surface area contributed by atoms with E-state index in [4.69, 9.17) is 9.47 Å². The maximum atomic E-state index is 12.1. The molecule has 1 aliphatic heterocycles. The Morgan fingerprint density at radius 3 is 3.05 bits per heavy atom. The van der Waals surface area contributed by atoms with Crippen LogP contribution in [0.15, 0.2) is 53.0 Å². The zero-order valence-electron chi connectivity index (χ0n) is 11.7. The van der Waals surface area contributed by atoms with Gasteiger partial charge in [0, 0.05) is 20.3 Å². The van der Waals surface area contributed by atoms with E-state index in [0.717, 1.165) is 26.9 Å². The first kappa shape index (κ1) is 15.1. The van der Waals surface area contributed by atoms with E-state index in [-0.39, 0.29) is 6.10 Å². The van der Waals surface area contributed by atoms with Crippen molar-refractivity contribution in [1.82, 2.24) is 4.90 Å². The Hall–Kier alpha value is -1.79. The second kappa shape index (κ2) is 6.54. The van der Waals surface area contributed by atoms with Crippen LogP contribution >= 0.6 is 27.3 Å². The van der Waals surface area contributed by atoms with E-state index in [9.17, 15) is 4.79 Å². The van der Waals surface area contributed by atoms with Crippen LogP contribution in [0, 0.1) is 0 Å². The summed E-state index contributed by atoms with van der Waals surface area (Å²) in [5.41, 5.74) is 0.960. The van der Waals surface area contributed by atoms with Crippen LogP contribution in [0.25, 0.3) is 0 Å². The molecule has 1 amide bonds. The lowest BCUT2D eigenvalue weighted by Crippen LogP contribution is -2.33. The summed E-state index contributed by atoms with van der Waals surface area (Å²) in [5.74, 6) is 0.797. The third-order valence-corrected chi connectivity index (χ3v) is 5.12. The Morgan fingerprint density at radius 1 is 1.50 bits per heavy atom. The lowest BCUT2D eigenvalue weighted by molar-refractivity contribution is 0.112. The van der Waals surface area contributed by atoms with Crippen LogP contribution in [-0.4, -0.2) is 17.5 Å². The smallest absolute Gasteiger partial charge is 0.415 e. The molecule has 6 heteroatoms. The first-order valence-electron chi connectivity index (χ1n) is 6.72. The highest BCUT2D eigenvalue weighted by Crippen LogP contribution is 2.34. The summed E-state index contributed by atoms with van der Waals surface area (Å²) in [6.45, 7) is 4.31. The summed E-state index contributed by atoms with van der Waals surface area (Å²) >= 11 is 5.05. The fourth-order valence-electron chi connectivity index (χ4n) is 2.34. The van der Waals surface area contributed by atoms with Crippen LogP contribution in [0.2, 0.25) is 0 Å². The predicted octanol–water partition coefficient (Wildman–Crippen LogP) is 4.73. The van der Waals surface area contributed by atoms with Gasteiger partial charge in [-0.05, 0) is 28.1 Å². The van der Waals surface area contributed by atoms with Gasteiger partial charge in [0.15, 0.2) is 6.10 Å². The van der Waals surface area contributed by atoms with Crippen LogP contribution in [0.4, 0.5) is 4.79 Å². The van der Waals surface area contributed by atoms with E-state index >= 15 is 0 Å². The van der Waals surface area contributed by atoms with E-state index in [1.807, 2.05) is 35.7 Å². The average molecular weight is 380 g/mol. The number of amides is 1. The predicted molar refractivity (Wildman–Crippen MR) is 88.9 cm³/mol. The number of ether oxygens (including phenoxy) is 2. The summed E-state index contributed by atoms with van der Waals surface area (Å²) in [7, 11) is 0. The number of thiophene rings is 1. The molecule has 0 aliphatic carbocycles. The Kier molecular flexibility index (Phi) is 4.49. The maximum absolute atomic E-state index is 12.1. The topological polar surface area (TPSA) is 38.8 Å². The number of nitrogens with zero attached hydrogens (tertiary/aromatic N) is 1. The molecular weight excluding hydrogens is 366 g/mol. The number of hydrogen-bond donors (Lipinski definition) is 0. The minimum absolute atomic E-state index is 0.225. The summed E-state index contributed by atoms with van der Waals surface area (Å²) in [6.07, 6.45) is 0.504. The third-order valence-electron chi connectivity index (χ3n) is 3.34. The van der Waals surface area contributed by atoms with Crippen molar-refractivity contribution < 1.29 is 14.3 Å². The molecule has 0 bridgehead atoms. The van der Waals surface area contributed by atoms with Crippen molar-refractivity contribution in [3.8, 4) is 5.75 Å². The molecule has 1 atom stereocenters. The van der Waals surface area contributed by atoms with E-state index in [1.165, 1.54) is 0 Å². The highest BCUT2D eigenvalue weighted by Gasteiger charge is 2.28. The molecule has 0 N–H and O–H groups in total. The zero-order chi connectivity index (χ0) is 15.5. The standard InChI is InChI=1S/C16H14BrNO3S/c1-2-20-16(19)18-8-11-5-3-4-6-13(11)21-14(9-18)15-7-12(17)10-22-15/h2-7,10,14H,1,8-9H2. The molecule has 3 rings (SSSR count). The molecule has 2 aromatic rings. The first-order valence-corrected chi connectivity index (χ1v) is 8.39. The van der Waals surface area contributed by atoms with Gasteiger partial charge in [-0.15, -0.1) is 11.3 Å². The lowest BCUT2D eigenvalue weighted by atomic mass is 10.2. The molecule has 0 saturated carbocycles. The van der Waals surface area contributed by atoms with Gasteiger partial charge in [-0.3, -0.25) is 4.90 Å². The summed E-state index contributed by atoms with van der Waals surface area (Å²) in [5, 5.41) is 2.00. The maximum Gasteiger partial charge on any atom is 0.415 e. The van der Waals surface area contributed by atoms with Crippen molar-refractivity contribution in [1.29, 1.82) is 0 Å². The normalized spacial score (nSPS) is 17.1. The van der Waals surface area contributed by atoms with E-state index in [2.05, 4.69) is 22.5 Å². The number of hydrogen-bond acceptors (Lipinski definition) is 4. The second-order valence-corrected chi connectivity index (χ2v) is 6.67. The molecule has 1 aliphatic rings. The molecule has 114 valence electrons. The molecule has 1 unspecified atom stereocenters. The summed E-state index contributed by atoms with van der Waals surface area (Å²) in [4.78, 5) is 14.8. The molecule has 4 nitrogen and oxygen atoms in total. The molecule has 2 heterocycles. The van der Waals surface area contributed by atoms with Gasteiger partial charge in [0.2, 0.25) is 0 Å². The van der Waals surface area contributed by atoms with E-state index < -0.39 is 6.09 Å². The van der Waals surface area contributed by atoms with E-state index in [1.54, 1.807) is 16.2 Å². The van der Waals surface area contributed by atoms with Crippen LogP contribution in [0.1, 0.15) is 16.5 Å². The monoisotopic (exact) mass is 379 g/mol. The number of fused-ring (bicyclic) bond motifs is 1. The van der Waals surface area contributed by atoms with Gasteiger partial charge >= 0.3 is 6.09 Å².